The minimum absolute atomic E-state index is 0.264. The summed E-state index contributed by atoms with van der Waals surface area (Å²) in [5.41, 5.74) is 3.04. The summed E-state index contributed by atoms with van der Waals surface area (Å²) in [5.74, 6) is 2.45. The van der Waals surface area contributed by atoms with E-state index < -0.39 is 0 Å². The van der Waals surface area contributed by atoms with E-state index in [-0.39, 0.29) is 6.04 Å². The largest absolute Gasteiger partial charge is 0.365 e. The van der Waals surface area contributed by atoms with Gasteiger partial charge in [0.05, 0.1) is 11.6 Å². The first-order valence-corrected chi connectivity index (χ1v) is 9.31. The molecule has 5 rings (SSSR count). The number of H-pyrrole nitrogens is 1. The van der Waals surface area contributed by atoms with Crippen LogP contribution >= 0.6 is 0 Å². The molecule has 1 fully saturated rings. The second-order valence-corrected chi connectivity index (χ2v) is 7.16. The molecule has 0 radical (unpaired) electrons. The Morgan fingerprint density at radius 1 is 1.18 bits per heavy atom. The molecule has 0 bridgehead atoms. The van der Waals surface area contributed by atoms with E-state index in [1.54, 1.807) is 12.5 Å². The number of nitrogens with one attached hydrogen (secondary N) is 2. The summed E-state index contributed by atoms with van der Waals surface area (Å²) in [5, 5.41) is 16.0. The molecule has 0 saturated carbocycles. The number of benzene rings is 1. The van der Waals surface area contributed by atoms with Crippen molar-refractivity contribution in [2.45, 2.75) is 19.4 Å². The summed E-state index contributed by atoms with van der Waals surface area (Å²) >= 11 is 0. The first-order valence-electron chi connectivity index (χ1n) is 9.31. The van der Waals surface area contributed by atoms with Crippen molar-refractivity contribution < 1.29 is 0 Å². The summed E-state index contributed by atoms with van der Waals surface area (Å²) in [4.78, 5) is 15.5. The van der Waals surface area contributed by atoms with Crippen molar-refractivity contribution in [2.75, 3.05) is 23.3 Å². The van der Waals surface area contributed by atoms with Crippen molar-refractivity contribution in [3.63, 3.8) is 0 Å². The maximum atomic E-state index is 4.78. The number of hydrogen-bond donors (Lipinski definition) is 2. The molecule has 0 unspecified atom stereocenters. The Morgan fingerprint density at radius 2 is 2.04 bits per heavy atom. The number of aryl methyl sites for hydroxylation is 2. The molecule has 9 heteroatoms. The van der Waals surface area contributed by atoms with Gasteiger partial charge in [0.25, 0.3) is 0 Å². The van der Waals surface area contributed by atoms with Crippen LogP contribution in [0.4, 0.5) is 11.8 Å². The van der Waals surface area contributed by atoms with Gasteiger partial charge in [0.1, 0.15) is 12.1 Å². The summed E-state index contributed by atoms with van der Waals surface area (Å²) in [6.45, 7) is 3.80. The van der Waals surface area contributed by atoms with Crippen LogP contribution in [0.2, 0.25) is 0 Å². The van der Waals surface area contributed by atoms with Gasteiger partial charge in [-0.2, -0.15) is 10.1 Å². The quantitative estimate of drug-likeness (QED) is 0.564. The van der Waals surface area contributed by atoms with Crippen molar-refractivity contribution in [3.05, 3.63) is 42.4 Å². The van der Waals surface area contributed by atoms with Gasteiger partial charge in [-0.3, -0.25) is 5.10 Å². The third kappa shape index (κ3) is 2.94. The van der Waals surface area contributed by atoms with E-state index >= 15 is 0 Å². The van der Waals surface area contributed by atoms with Gasteiger partial charge < -0.3 is 10.2 Å². The standard InChI is InChI=1S/C19H21N9/c1-12-3-5-13(6-4-12)18-24-19(26-27(18)2)28-8-7-14(10-28)23-16-15-9-22-25-17(15)21-11-20-16/h3-6,9,11,14H,7-8,10H2,1-2H3,(H2,20,21,22,23,25)/t14-/m1/s1. The van der Waals surface area contributed by atoms with Gasteiger partial charge in [-0.05, 0) is 13.3 Å². The number of fused-ring (bicyclic) bond motifs is 1. The third-order valence-corrected chi connectivity index (χ3v) is 5.12. The Bertz CT molecular complexity index is 1110. The number of nitrogens with zero attached hydrogens (tertiary/aromatic N) is 7. The Kier molecular flexibility index (Phi) is 3.92. The molecule has 28 heavy (non-hydrogen) atoms. The van der Waals surface area contributed by atoms with Gasteiger partial charge in [0.2, 0.25) is 5.95 Å². The first-order chi connectivity index (χ1) is 13.7. The highest BCUT2D eigenvalue weighted by molar-refractivity contribution is 5.85. The lowest BCUT2D eigenvalue weighted by molar-refractivity contribution is 0.759. The molecule has 1 aliphatic heterocycles. The molecule has 9 nitrogen and oxygen atoms in total. The minimum atomic E-state index is 0.264. The van der Waals surface area contributed by atoms with E-state index in [2.05, 4.69) is 66.7 Å². The second-order valence-electron chi connectivity index (χ2n) is 7.16. The van der Waals surface area contributed by atoms with Gasteiger partial charge in [0.15, 0.2) is 11.5 Å². The zero-order valence-corrected chi connectivity index (χ0v) is 15.8. The molecule has 4 aromatic rings. The lowest BCUT2D eigenvalue weighted by Gasteiger charge is -2.15. The molecular formula is C19H21N9. The summed E-state index contributed by atoms with van der Waals surface area (Å²) < 4.78 is 1.85. The van der Waals surface area contributed by atoms with E-state index in [0.29, 0.717) is 0 Å². The van der Waals surface area contributed by atoms with Crippen molar-refractivity contribution in [1.29, 1.82) is 0 Å². The van der Waals surface area contributed by atoms with Crippen LogP contribution in [-0.2, 0) is 7.05 Å². The van der Waals surface area contributed by atoms with Crippen LogP contribution in [0.15, 0.2) is 36.8 Å². The van der Waals surface area contributed by atoms with Crippen molar-refractivity contribution in [2.24, 2.45) is 7.05 Å². The topological polar surface area (TPSA) is 100 Å². The average molecular weight is 375 g/mol. The third-order valence-electron chi connectivity index (χ3n) is 5.12. The fourth-order valence-electron chi connectivity index (χ4n) is 3.59. The number of rotatable bonds is 4. The predicted octanol–water partition coefficient (Wildman–Crippen LogP) is 2.15. The highest BCUT2D eigenvalue weighted by atomic mass is 15.4. The molecular weight excluding hydrogens is 354 g/mol. The molecule has 0 spiro atoms. The molecule has 1 aromatic carbocycles. The zero-order chi connectivity index (χ0) is 19.1. The summed E-state index contributed by atoms with van der Waals surface area (Å²) in [6.07, 6.45) is 4.28. The molecule has 3 aromatic heterocycles. The van der Waals surface area contributed by atoms with E-state index in [9.17, 15) is 0 Å². The monoisotopic (exact) mass is 375 g/mol. The van der Waals surface area contributed by atoms with E-state index in [4.69, 9.17) is 4.98 Å². The predicted molar refractivity (Wildman–Crippen MR) is 107 cm³/mol. The van der Waals surface area contributed by atoms with Crippen LogP contribution in [0.3, 0.4) is 0 Å². The van der Waals surface area contributed by atoms with Crippen LogP contribution in [0.25, 0.3) is 22.4 Å². The lowest BCUT2D eigenvalue weighted by Crippen LogP contribution is -2.27. The Labute approximate surface area is 161 Å². The summed E-state index contributed by atoms with van der Waals surface area (Å²) in [7, 11) is 1.94. The highest BCUT2D eigenvalue weighted by Crippen LogP contribution is 2.25. The molecule has 0 aliphatic carbocycles. The van der Waals surface area contributed by atoms with Crippen molar-refractivity contribution in [3.8, 4) is 11.4 Å². The Hall–Kier alpha value is -3.49. The fourth-order valence-corrected chi connectivity index (χ4v) is 3.59. The number of anilines is 2. The number of hydrogen-bond acceptors (Lipinski definition) is 7. The summed E-state index contributed by atoms with van der Waals surface area (Å²) in [6, 6.07) is 8.63. The van der Waals surface area contributed by atoms with Crippen LogP contribution in [-0.4, -0.2) is 54.1 Å². The molecule has 142 valence electrons. The van der Waals surface area contributed by atoms with E-state index in [1.165, 1.54) is 5.56 Å². The van der Waals surface area contributed by atoms with Crippen molar-refractivity contribution in [1.82, 2.24) is 34.9 Å². The highest BCUT2D eigenvalue weighted by Gasteiger charge is 2.26. The van der Waals surface area contributed by atoms with Crippen LogP contribution in [0.1, 0.15) is 12.0 Å². The van der Waals surface area contributed by atoms with Gasteiger partial charge in [-0.25, -0.2) is 14.6 Å². The van der Waals surface area contributed by atoms with Gasteiger partial charge in [-0.15, -0.1) is 5.10 Å². The number of aromatic amines is 1. The van der Waals surface area contributed by atoms with Crippen LogP contribution < -0.4 is 10.2 Å². The van der Waals surface area contributed by atoms with Gasteiger partial charge >= 0.3 is 0 Å². The Morgan fingerprint density at radius 3 is 2.89 bits per heavy atom. The van der Waals surface area contributed by atoms with Crippen LogP contribution in [0.5, 0.6) is 0 Å². The Balaban J connectivity index is 1.33. The smallest absolute Gasteiger partial charge is 0.245 e. The average Bonchev–Trinajstić information content (AvgIpc) is 3.42. The van der Waals surface area contributed by atoms with E-state index in [1.807, 2.05) is 11.7 Å². The minimum Gasteiger partial charge on any atom is -0.365 e. The molecule has 4 heterocycles. The maximum Gasteiger partial charge on any atom is 0.245 e. The molecule has 1 aliphatic rings. The van der Waals surface area contributed by atoms with Gasteiger partial charge in [-0.1, -0.05) is 29.8 Å². The van der Waals surface area contributed by atoms with E-state index in [0.717, 1.165) is 53.7 Å². The van der Waals surface area contributed by atoms with Crippen LogP contribution in [0, 0.1) is 6.92 Å². The first kappa shape index (κ1) is 16.7. The van der Waals surface area contributed by atoms with Crippen molar-refractivity contribution >= 4 is 22.8 Å². The number of aromatic nitrogens is 7. The molecule has 0 amide bonds. The molecule has 1 atom stereocenters. The molecule has 2 N–H and O–H groups in total. The lowest BCUT2D eigenvalue weighted by atomic mass is 10.1. The second kappa shape index (κ2) is 6.59. The normalized spacial score (nSPS) is 16.8. The zero-order valence-electron chi connectivity index (χ0n) is 15.8. The molecule has 1 saturated heterocycles. The van der Waals surface area contributed by atoms with Gasteiger partial charge in [0, 0.05) is 31.7 Å². The maximum absolute atomic E-state index is 4.78. The fraction of sp³-hybridized carbons (Fsp3) is 0.316. The SMILES string of the molecule is Cc1ccc(-c2nc(N3CC[C@@H](Nc4ncnc5[nH]ncc45)C3)nn2C)cc1.